The molecule has 104 valence electrons. The second-order valence-corrected chi connectivity index (χ2v) is 6.46. The number of carbonyl (C=O) groups is 2. The molecule has 0 aliphatic rings. The molecule has 4 N–H and O–H groups in total. The highest BCUT2D eigenvalue weighted by Crippen LogP contribution is 2.28. The van der Waals surface area contributed by atoms with Gasteiger partial charge in [0.1, 0.15) is 0 Å². The van der Waals surface area contributed by atoms with E-state index in [0.29, 0.717) is 16.3 Å². The van der Waals surface area contributed by atoms with Crippen molar-refractivity contribution in [3.8, 4) is 0 Å². The Balaban J connectivity index is 2.13. The molecule has 2 rings (SSSR count). The first kappa shape index (κ1) is 14.5. The number of aryl methyl sites for hydroxylation is 1. The fraction of sp³-hybridized carbons (Fsp3) is 0.0769. The lowest BCUT2D eigenvalue weighted by molar-refractivity contribution is 0.103. The van der Waals surface area contributed by atoms with E-state index < -0.39 is 6.03 Å². The van der Waals surface area contributed by atoms with E-state index in [0.717, 1.165) is 9.35 Å². The van der Waals surface area contributed by atoms with Crippen molar-refractivity contribution in [1.29, 1.82) is 0 Å². The Bertz CT molecular complexity index is 650. The van der Waals surface area contributed by atoms with Crippen LogP contribution in [0.15, 0.2) is 34.1 Å². The largest absolute Gasteiger partial charge is 0.351 e. The third kappa shape index (κ3) is 3.58. The number of benzene rings is 1. The molecule has 0 aliphatic carbocycles. The molecule has 1 aromatic carbocycles. The molecule has 1 heterocycles. The molecule has 5 nitrogen and oxygen atoms in total. The Hall–Kier alpha value is -1.86. The zero-order valence-electron chi connectivity index (χ0n) is 10.6. The van der Waals surface area contributed by atoms with E-state index in [1.165, 1.54) is 11.3 Å². The van der Waals surface area contributed by atoms with E-state index >= 15 is 0 Å². The van der Waals surface area contributed by atoms with Gasteiger partial charge in [0.15, 0.2) is 0 Å². The molecular weight excluding hydrogens is 342 g/mol. The van der Waals surface area contributed by atoms with E-state index in [9.17, 15) is 9.59 Å². The van der Waals surface area contributed by atoms with Crippen LogP contribution in [0.2, 0.25) is 0 Å². The van der Waals surface area contributed by atoms with Gasteiger partial charge in [0.05, 0.1) is 8.66 Å². The van der Waals surface area contributed by atoms with Crippen LogP contribution in [0.25, 0.3) is 0 Å². The number of hydrogen-bond acceptors (Lipinski definition) is 3. The monoisotopic (exact) mass is 353 g/mol. The van der Waals surface area contributed by atoms with Gasteiger partial charge in [0.2, 0.25) is 0 Å². The van der Waals surface area contributed by atoms with Crippen molar-refractivity contribution in [3.63, 3.8) is 0 Å². The van der Waals surface area contributed by atoms with Gasteiger partial charge in [0.25, 0.3) is 5.91 Å². The summed E-state index contributed by atoms with van der Waals surface area (Å²) in [7, 11) is 0. The minimum absolute atomic E-state index is 0.194. The minimum atomic E-state index is -0.647. The molecule has 0 saturated carbocycles. The summed E-state index contributed by atoms with van der Waals surface area (Å²) in [5, 5.41) is 5.22. The summed E-state index contributed by atoms with van der Waals surface area (Å²) in [4.78, 5) is 23.5. The van der Waals surface area contributed by atoms with E-state index in [2.05, 4.69) is 26.6 Å². The average molecular weight is 354 g/mol. The predicted molar refractivity (Wildman–Crippen MR) is 84.4 cm³/mol. The van der Waals surface area contributed by atoms with Crippen LogP contribution in [-0.4, -0.2) is 11.9 Å². The number of thiophene rings is 1. The van der Waals surface area contributed by atoms with E-state index in [1.54, 1.807) is 24.3 Å². The Morgan fingerprint density at radius 1 is 1.20 bits per heavy atom. The Morgan fingerprint density at radius 3 is 2.40 bits per heavy atom. The van der Waals surface area contributed by atoms with Crippen LogP contribution < -0.4 is 16.4 Å². The number of carbonyl (C=O) groups excluding carboxylic acids is 2. The number of nitrogens with one attached hydrogen (secondary N) is 2. The first-order valence-corrected chi connectivity index (χ1v) is 7.30. The zero-order chi connectivity index (χ0) is 14.7. The molecule has 1 aromatic heterocycles. The molecule has 0 fully saturated rings. The van der Waals surface area contributed by atoms with Gasteiger partial charge >= 0.3 is 6.03 Å². The van der Waals surface area contributed by atoms with Gasteiger partial charge in [0, 0.05) is 11.4 Å². The summed E-state index contributed by atoms with van der Waals surface area (Å²) in [6, 6.07) is 7.95. The van der Waals surface area contributed by atoms with Crippen LogP contribution in [-0.2, 0) is 0 Å². The Kier molecular flexibility index (Phi) is 4.41. The smallest absolute Gasteiger partial charge is 0.316 e. The van der Waals surface area contributed by atoms with Crippen LogP contribution in [0.1, 0.15) is 15.2 Å². The van der Waals surface area contributed by atoms with Gasteiger partial charge in [-0.25, -0.2) is 4.79 Å². The average Bonchev–Trinajstić information content (AvgIpc) is 2.69. The predicted octanol–water partition coefficient (Wildman–Crippen LogP) is 3.56. The SMILES string of the molecule is Cc1cc(C(=O)Nc2cccc(NC(N)=O)c2)sc1Br. The molecular formula is C13H12BrN3O2S. The number of anilines is 2. The number of amides is 3. The van der Waals surface area contributed by atoms with Gasteiger partial charge in [-0.05, 0) is 52.7 Å². The summed E-state index contributed by atoms with van der Waals surface area (Å²) >= 11 is 4.76. The third-order valence-electron chi connectivity index (χ3n) is 2.47. The Labute approximate surface area is 128 Å². The van der Waals surface area contributed by atoms with Gasteiger partial charge in [-0.1, -0.05) is 6.07 Å². The molecule has 0 bridgehead atoms. The summed E-state index contributed by atoms with van der Waals surface area (Å²) in [5.41, 5.74) is 7.18. The molecule has 2 aromatic rings. The normalized spacial score (nSPS) is 10.1. The summed E-state index contributed by atoms with van der Waals surface area (Å²) < 4.78 is 0.937. The standard InChI is InChI=1S/C13H12BrN3O2S/c1-7-5-10(20-11(7)14)12(18)16-8-3-2-4-9(6-8)17-13(15)19/h2-6H,1H3,(H,16,18)(H3,15,17,19). The number of urea groups is 1. The maximum atomic E-state index is 12.1. The number of rotatable bonds is 3. The van der Waals surface area contributed by atoms with Crippen molar-refractivity contribution in [2.45, 2.75) is 6.92 Å². The lowest BCUT2D eigenvalue weighted by Crippen LogP contribution is -2.19. The first-order chi connectivity index (χ1) is 9.45. The Morgan fingerprint density at radius 2 is 1.85 bits per heavy atom. The molecule has 0 aliphatic heterocycles. The van der Waals surface area contributed by atoms with Crippen LogP contribution in [0.3, 0.4) is 0 Å². The van der Waals surface area contributed by atoms with E-state index in [4.69, 9.17) is 5.73 Å². The van der Waals surface area contributed by atoms with Crippen LogP contribution in [0.5, 0.6) is 0 Å². The molecule has 0 radical (unpaired) electrons. The van der Waals surface area contributed by atoms with Crippen LogP contribution in [0, 0.1) is 6.92 Å². The molecule has 0 unspecified atom stereocenters. The molecule has 0 spiro atoms. The van der Waals surface area contributed by atoms with Crippen molar-refractivity contribution in [1.82, 2.24) is 0 Å². The number of hydrogen-bond donors (Lipinski definition) is 3. The topological polar surface area (TPSA) is 84.2 Å². The van der Waals surface area contributed by atoms with Crippen LogP contribution >= 0.6 is 27.3 Å². The van der Waals surface area contributed by atoms with E-state index in [1.807, 2.05) is 13.0 Å². The maximum absolute atomic E-state index is 12.1. The zero-order valence-corrected chi connectivity index (χ0v) is 13.0. The molecule has 20 heavy (non-hydrogen) atoms. The summed E-state index contributed by atoms with van der Waals surface area (Å²) in [5.74, 6) is -0.194. The van der Waals surface area contributed by atoms with E-state index in [-0.39, 0.29) is 5.91 Å². The fourth-order valence-electron chi connectivity index (χ4n) is 1.58. The highest BCUT2D eigenvalue weighted by molar-refractivity contribution is 9.11. The van der Waals surface area contributed by atoms with Gasteiger partial charge in [-0.15, -0.1) is 11.3 Å². The van der Waals surface area contributed by atoms with Crippen molar-refractivity contribution in [2.24, 2.45) is 5.73 Å². The first-order valence-electron chi connectivity index (χ1n) is 5.69. The number of halogens is 1. The number of nitrogens with two attached hydrogens (primary N) is 1. The van der Waals surface area contributed by atoms with Crippen molar-refractivity contribution in [2.75, 3.05) is 10.6 Å². The second kappa shape index (κ2) is 6.06. The van der Waals surface area contributed by atoms with Gasteiger partial charge in [-0.2, -0.15) is 0 Å². The summed E-state index contributed by atoms with van der Waals surface area (Å²) in [6.45, 7) is 1.93. The molecule has 3 amide bonds. The van der Waals surface area contributed by atoms with Crippen molar-refractivity contribution in [3.05, 3.63) is 44.6 Å². The fourth-order valence-corrected chi connectivity index (χ4v) is 3.01. The highest BCUT2D eigenvalue weighted by Gasteiger charge is 2.11. The number of primary amides is 1. The lowest BCUT2D eigenvalue weighted by atomic mass is 10.2. The quantitative estimate of drug-likeness (QED) is 0.787. The van der Waals surface area contributed by atoms with Gasteiger partial charge in [-0.3, -0.25) is 4.79 Å². The second-order valence-electron chi connectivity index (χ2n) is 4.09. The summed E-state index contributed by atoms with van der Waals surface area (Å²) in [6.07, 6.45) is 0. The van der Waals surface area contributed by atoms with Crippen molar-refractivity contribution >= 4 is 50.6 Å². The molecule has 0 atom stereocenters. The highest BCUT2D eigenvalue weighted by atomic mass is 79.9. The van der Waals surface area contributed by atoms with Crippen molar-refractivity contribution < 1.29 is 9.59 Å². The lowest BCUT2D eigenvalue weighted by Gasteiger charge is -2.06. The third-order valence-corrected chi connectivity index (χ3v) is 4.60. The molecule has 7 heteroatoms. The molecule has 0 saturated heterocycles. The van der Waals surface area contributed by atoms with Crippen LogP contribution in [0.4, 0.5) is 16.2 Å². The minimum Gasteiger partial charge on any atom is -0.351 e. The van der Waals surface area contributed by atoms with Gasteiger partial charge < -0.3 is 16.4 Å². The maximum Gasteiger partial charge on any atom is 0.316 e.